The summed E-state index contributed by atoms with van der Waals surface area (Å²) in [5, 5.41) is 3.00. The second-order valence-corrected chi connectivity index (χ2v) is 7.62. The topological polar surface area (TPSA) is 74.1 Å². The molecular weight excluding hydrogens is 342 g/mol. The molecule has 1 aliphatic heterocycles. The quantitative estimate of drug-likeness (QED) is 0.507. The highest BCUT2D eigenvalue weighted by Crippen LogP contribution is 2.39. The van der Waals surface area contributed by atoms with Crippen LogP contribution in [0.4, 0.5) is 17.1 Å². The summed E-state index contributed by atoms with van der Waals surface area (Å²) in [6.45, 7) is 6.60. The number of nitrogens with one attached hydrogen (secondary N) is 1. The van der Waals surface area contributed by atoms with E-state index in [4.69, 9.17) is 10.5 Å². The third kappa shape index (κ3) is 5.37. The zero-order chi connectivity index (χ0) is 20.1. The molecule has 1 atom stereocenters. The number of benzene rings is 1. The van der Waals surface area contributed by atoms with Gasteiger partial charge in [-0.2, -0.15) is 0 Å². The van der Waals surface area contributed by atoms with Crippen molar-refractivity contribution in [3.05, 3.63) is 24.3 Å². The van der Waals surface area contributed by atoms with Gasteiger partial charge in [-0.1, -0.05) is 6.58 Å². The summed E-state index contributed by atoms with van der Waals surface area (Å²) in [6.07, 6.45) is 1.74. The lowest BCUT2D eigenvalue weighted by atomic mass is 10.00. The number of nitrogen functional groups attached to an aromatic ring is 1. The second-order valence-electron chi connectivity index (χ2n) is 7.62. The summed E-state index contributed by atoms with van der Waals surface area (Å²) in [6, 6.07) is 4.09. The highest BCUT2D eigenvalue weighted by Gasteiger charge is 2.31. The van der Waals surface area contributed by atoms with Crippen molar-refractivity contribution in [2.45, 2.75) is 18.9 Å². The molecular formula is C20H33N5O2. The minimum Gasteiger partial charge on any atom is -0.495 e. The molecule has 7 heteroatoms. The van der Waals surface area contributed by atoms with Gasteiger partial charge in [-0.15, -0.1) is 0 Å². The van der Waals surface area contributed by atoms with Crippen LogP contribution < -0.4 is 20.7 Å². The van der Waals surface area contributed by atoms with E-state index < -0.39 is 0 Å². The van der Waals surface area contributed by atoms with Crippen LogP contribution in [0.5, 0.6) is 5.75 Å². The van der Waals surface area contributed by atoms with Gasteiger partial charge in [-0.25, -0.2) is 0 Å². The van der Waals surface area contributed by atoms with Gasteiger partial charge in [-0.3, -0.25) is 4.79 Å². The lowest BCUT2D eigenvalue weighted by molar-refractivity contribution is -0.113. The van der Waals surface area contributed by atoms with E-state index in [1.807, 2.05) is 25.1 Å². The molecule has 1 aromatic rings. The average molecular weight is 376 g/mol. The number of anilines is 3. The van der Waals surface area contributed by atoms with Gasteiger partial charge in [0.25, 0.3) is 5.91 Å². The number of hydrogen-bond acceptors (Lipinski definition) is 6. The number of amides is 1. The number of nitrogens with two attached hydrogens (primary N) is 1. The smallest absolute Gasteiger partial charge is 0.251 e. The zero-order valence-electron chi connectivity index (χ0n) is 17.2. The molecule has 0 aromatic heterocycles. The van der Waals surface area contributed by atoms with E-state index in [9.17, 15) is 4.79 Å². The standard InChI is InChI=1S/C20H33N5O2/c1-14(7-9-23(2)3)20(26)22-17-11-16(21)19(27-6)12-18(17)25-10-8-15(25)13-24(4)5/h11-12,15H,1,7-10,13,21H2,2-6H3,(H,22,26). The van der Waals surface area contributed by atoms with Crippen molar-refractivity contribution in [2.24, 2.45) is 0 Å². The van der Waals surface area contributed by atoms with Crippen molar-refractivity contribution in [1.29, 1.82) is 0 Å². The Balaban J connectivity index is 2.23. The predicted molar refractivity (Wildman–Crippen MR) is 113 cm³/mol. The van der Waals surface area contributed by atoms with Gasteiger partial charge in [0.05, 0.1) is 24.2 Å². The first-order valence-electron chi connectivity index (χ1n) is 9.25. The number of carbonyl (C=O) groups excluding carboxylic acids is 1. The van der Waals surface area contributed by atoms with E-state index >= 15 is 0 Å². The molecule has 1 fully saturated rings. The first-order chi connectivity index (χ1) is 12.7. The second kappa shape index (κ2) is 9.10. The molecule has 27 heavy (non-hydrogen) atoms. The molecule has 1 unspecified atom stereocenters. The van der Waals surface area contributed by atoms with Crippen LogP contribution in [0.15, 0.2) is 24.3 Å². The Morgan fingerprint density at radius 3 is 2.56 bits per heavy atom. The van der Waals surface area contributed by atoms with Crippen molar-refractivity contribution in [1.82, 2.24) is 9.80 Å². The van der Waals surface area contributed by atoms with Crippen LogP contribution in [0.3, 0.4) is 0 Å². The number of ether oxygens (including phenoxy) is 1. The Bertz CT molecular complexity index is 687. The van der Waals surface area contributed by atoms with Crippen LogP contribution >= 0.6 is 0 Å². The maximum absolute atomic E-state index is 12.6. The molecule has 0 spiro atoms. The highest BCUT2D eigenvalue weighted by atomic mass is 16.5. The maximum atomic E-state index is 12.6. The van der Waals surface area contributed by atoms with E-state index in [1.165, 1.54) is 0 Å². The number of nitrogens with zero attached hydrogens (tertiary/aromatic N) is 3. The number of carbonyl (C=O) groups is 1. The molecule has 1 aromatic carbocycles. The van der Waals surface area contributed by atoms with Crippen LogP contribution in [0.1, 0.15) is 12.8 Å². The van der Waals surface area contributed by atoms with Crippen molar-refractivity contribution < 1.29 is 9.53 Å². The molecule has 3 N–H and O–H groups in total. The minimum absolute atomic E-state index is 0.174. The highest BCUT2D eigenvalue weighted by molar-refractivity contribution is 6.05. The summed E-state index contributed by atoms with van der Waals surface area (Å²) >= 11 is 0. The summed E-state index contributed by atoms with van der Waals surface area (Å²) < 4.78 is 5.40. The van der Waals surface area contributed by atoms with Gasteiger partial charge >= 0.3 is 0 Å². The summed E-state index contributed by atoms with van der Waals surface area (Å²) in [5.74, 6) is 0.442. The molecule has 0 radical (unpaired) electrons. The third-order valence-electron chi connectivity index (χ3n) is 4.81. The molecule has 2 rings (SSSR count). The Morgan fingerprint density at radius 2 is 2.04 bits per heavy atom. The van der Waals surface area contributed by atoms with Crippen LogP contribution in [-0.4, -0.2) is 76.7 Å². The lowest BCUT2D eigenvalue weighted by Gasteiger charge is -2.45. The Labute approximate surface area is 162 Å². The van der Waals surface area contributed by atoms with Crippen LogP contribution in [0.2, 0.25) is 0 Å². The molecule has 1 saturated heterocycles. The predicted octanol–water partition coefficient (Wildman–Crippen LogP) is 1.86. The minimum atomic E-state index is -0.174. The fourth-order valence-corrected chi connectivity index (χ4v) is 3.15. The normalized spacial score (nSPS) is 16.4. The van der Waals surface area contributed by atoms with Gasteiger partial charge in [0.15, 0.2) is 0 Å². The fraction of sp³-hybridized carbons (Fsp3) is 0.550. The number of methoxy groups -OCH3 is 1. The molecule has 1 aliphatic rings. The van der Waals surface area contributed by atoms with Crippen LogP contribution in [-0.2, 0) is 4.79 Å². The van der Waals surface area contributed by atoms with Gasteiger partial charge in [0.2, 0.25) is 0 Å². The van der Waals surface area contributed by atoms with E-state index in [0.29, 0.717) is 35.2 Å². The summed E-state index contributed by atoms with van der Waals surface area (Å²) in [5.41, 5.74) is 8.79. The van der Waals surface area contributed by atoms with E-state index in [0.717, 1.165) is 31.7 Å². The van der Waals surface area contributed by atoms with Gasteiger partial charge in [-0.05, 0) is 47.1 Å². The average Bonchev–Trinajstić information content (AvgIpc) is 2.58. The zero-order valence-corrected chi connectivity index (χ0v) is 17.2. The molecule has 1 heterocycles. The molecule has 0 bridgehead atoms. The largest absolute Gasteiger partial charge is 0.495 e. The van der Waals surface area contributed by atoms with Crippen molar-refractivity contribution in [3.8, 4) is 5.75 Å². The van der Waals surface area contributed by atoms with Gasteiger partial charge in [0, 0.05) is 37.3 Å². The number of likely N-dealkylation sites (N-methyl/N-ethyl adjacent to an activating group) is 1. The van der Waals surface area contributed by atoms with E-state index in [1.54, 1.807) is 13.2 Å². The molecule has 150 valence electrons. The van der Waals surface area contributed by atoms with E-state index in [-0.39, 0.29) is 5.91 Å². The fourth-order valence-electron chi connectivity index (χ4n) is 3.15. The SMILES string of the molecule is C=C(CCN(C)C)C(=O)Nc1cc(N)c(OC)cc1N1CCC1CN(C)C. The molecule has 7 nitrogen and oxygen atoms in total. The van der Waals surface area contributed by atoms with E-state index in [2.05, 4.69) is 35.8 Å². The van der Waals surface area contributed by atoms with Gasteiger partial charge < -0.3 is 30.5 Å². The molecule has 0 aliphatic carbocycles. The number of rotatable bonds is 9. The monoisotopic (exact) mass is 375 g/mol. The van der Waals surface area contributed by atoms with Crippen molar-refractivity contribution >= 4 is 23.0 Å². The number of hydrogen-bond donors (Lipinski definition) is 2. The first-order valence-corrected chi connectivity index (χ1v) is 9.25. The van der Waals surface area contributed by atoms with Gasteiger partial charge in [0.1, 0.15) is 5.75 Å². The van der Waals surface area contributed by atoms with Crippen molar-refractivity contribution in [2.75, 3.05) is 70.9 Å². The lowest BCUT2D eigenvalue weighted by Crippen LogP contribution is -2.53. The third-order valence-corrected chi connectivity index (χ3v) is 4.81. The van der Waals surface area contributed by atoms with Crippen LogP contribution in [0.25, 0.3) is 0 Å². The maximum Gasteiger partial charge on any atom is 0.251 e. The van der Waals surface area contributed by atoms with Crippen LogP contribution in [0, 0.1) is 0 Å². The molecule has 0 saturated carbocycles. The van der Waals surface area contributed by atoms with Crippen molar-refractivity contribution in [3.63, 3.8) is 0 Å². The first kappa shape index (κ1) is 21.1. The molecule has 1 amide bonds. The summed E-state index contributed by atoms with van der Waals surface area (Å²) in [7, 11) is 9.68. The summed E-state index contributed by atoms with van der Waals surface area (Å²) in [4.78, 5) is 19.1. The Hall–Kier alpha value is -2.25. The Morgan fingerprint density at radius 1 is 1.33 bits per heavy atom. The Kier molecular flexibility index (Phi) is 7.10.